The van der Waals surface area contributed by atoms with Gasteiger partial charge in [0.05, 0.1) is 11.0 Å². The maximum atomic E-state index is 12.1. The molecule has 0 radical (unpaired) electrons. The lowest BCUT2D eigenvalue weighted by Gasteiger charge is -2.14. The van der Waals surface area contributed by atoms with Crippen molar-refractivity contribution in [3.8, 4) is 0 Å². The number of nitrogens with one attached hydrogen (secondary N) is 1. The summed E-state index contributed by atoms with van der Waals surface area (Å²) in [6, 6.07) is 8.08. The number of amides is 1. The second-order valence-corrected chi connectivity index (χ2v) is 5.72. The van der Waals surface area contributed by atoms with Gasteiger partial charge in [-0.05, 0) is 26.0 Å². The zero-order valence-electron chi connectivity index (χ0n) is 11.7. The molecule has 0 aliphatic heterocycles. The first-order chi connectivity index (χ1) is 9.60. The Kier molecular flexibility index (Phi) is 4.87. The number of carbonyl (C=O) groups excluding carboxylic acids is 1. The van der Waals surface area contributed by atoms with Crippen LogP contribution >= 0.6 is 11.3 Å². The normalized spacial score (nSPS) is 12.2. The highest BCUT2D eigenvalue weighted by Crippen LogP contribution is 2.15. The van der Waals surface area contributed by atoms with Crippen molar-refractivity contribution in [3.63, 3.8) is 0 Å². The van der Waals surface area contributed by atoms with Crippen molar-refractivity contribution in [2.24, 2.45) is 5.73 Å². The van der Waals surface area contributed by atoms with Gasteiger partial charge in [0, 0.05) is 11.8 Å². The molecule has 2 rings (SSSR count). The van der Waals surface area contributed by atoms with Gasteiger partial charge in [-0.1, -0.05) is 29.8 Å². The van der Waals surface area contributed by atoms with Crippen LogP contribution in [0.5, 0.6) is 0 Å². The molecule has 1 amide bonds. The van der Waals surface area contributed by atoms with Crippen molar-refractivity contribution in [1.82, 2.24) is 10.3 Å². The van der Waals surface area contributed by atoms with Gasteiger partial charge in [0.25, 0.3) is 5.91 Å². The number of carbonyl (C=O) groups is 1. The predicted molar refractivity (Wildman–Crippen MR) is 81.9 cm³/mol. The molecule has 5 heteroatoms. The van der Waals surface area contributed by atoms with Gasteiger partial charge in [-0.3, -0.25) is 4.79 Å². The average molecular weight is 289 g/mol. The van der Waals surface area contributed by atoms with Gasteiger partial charge in [-0.15, -0.1) is 11.3 Å². The minimum Gasteiger partial charge on any atom is -0.344 e. The molecule has 4 nitrogen and oxygen atoms in total. The zero-order chi connectivity index (χ0) is 14.5. The van der Waals surface area contributed by atoms with E-state index in [9.17, 15) is 4.79 Å². The lowest BCUT2D eigenvalue weighted by molar-refractivity contribution is 0.0935. The number of nitrogens with two attached hydrogens (primary N) is 1. The van der Waals surface area contributed by atoms with Crippen molar-refractivity contribution in [2.75, 3.05) is 6.54 Å². The molecule has 3 N–H and O–H groups in total. The molecule has 2 aromatic rings. The van der Waals surface area contributed by atoms with Crippen LogP contribution in [0.2, 0.25) is 0 Å². The maximum Gasteiger partial charge on any atom is 0.271 e. The van der Waals surface area contributed by atoms with Crippen LogP contribution in [0.1, 0.15) is 39.6 Å². The van der Waals surface area contributed by atoms with Gasteiger partial charge in [0.2, 0.25) is 0 Å². The summed E-state index contributed by atoms with van der Waals surface area (Å²) in [7, 11) is 0. The monoisotopic (exact) mass is 289 g/mol. The third kappa shape index (κ3) is 3.65. The summed E-state index contributed by atoms with van der Waals surface area (Å²) in [6.07, 6.45) is 0.714. The molecular formula is C15H19N3OS. The Labute approximate surface area is 123 Å². The Bertz CT molecular complexity index is 594. The van der Waals surface area contributed by atoms with Gasteiger partial charge in [-0.2, -0.15) is 0 Å². The quantitative estimate of drug-likeness (QED) is 0.888. The van der Waals surface area contributed by atoms with Crippen molar-refractivity contribution in [3.05, 3.63) is 51.5 Å². The minimum absolute atomic E-state index is 0.0398. The Balaban J connectivity index is 2.03. The number of thiazole rings is 1. The molecule has 0 aliphatic carbocycles. The fourth-order valence-corrected chi connectivity index (χ4v) is 2.74. The van der Waals surface area contributed by atoms with E-state index in [1.54, 1.807) is 5.38 Å². The Hall–Kier alpha value is -1.72. The topological polar surface area (TPSA) is 68.0 Å². The Morgan fingerprint density at radius 1 is 1.50 bits per heavy atom. The predicted octanol–water partition coefficient (Wildman–Crippen LogP) is 2.44. The molecule has 0 unspecified atom stereocenters. The van der Waals surface area contributed by atoms with Gasteiger partial charge in [-0.25, -0.2) is 4.98 Å². The molecule has 1 aromatic heterocycles. The first-order valence-corrected chi connectivity index (χ1v) is 7.50. The highest BCUT2D eigenvalue weighted by molar-refractivity contribution is 7.09. The molecule has 0 spiro atoms. The van der Waals surface area contributed by atoms with Gasteiger partial charge in [0.15, 0.2) is 0 Å². The number of nitrogens with zero attached hydrogens (tertiary/aromatic N) is 1. The van der Waals surface area contributed by atoms with Crippen LogP contribution in [-0.2, 0) is 6.42 Å². The summed E-state index contributed by atoms with van der Waals surface area (Å²) in [4.78, 5) is 16.4. The molecule has 0 bridgehead atoms. The number of aromatic nitrogens is 1. The summed E-state index contributed by atoms with van der Waals surface area (Å²) in [5, 5.41) is 5.65. The number of hydrogen-bond acceptors (Lipinski definition) is 4. The van der Waals surface area contributed by atoms with Crippen molar-refractivity contribution >= 4 is 17.2 Å². The van der Waals surface area contributed by atoms with E-state index in [4.69, 9.17) is 5.73 Å². The van der Waals surface area contributed by atoms with Gasteiger partial charge >= 0.3 is 0 Å². The molecule has 0 saturated carbocycles. The van der Waals surface area contributed by atoms with Crippen LogP contribution in [0.25, 0.3) is 0 Å². The van der Waals surface area contributed by atoms with E-state index in [0.29, 0.717) is 18.7 Å². The molecule has 1 heterocycles. The van der Waals surface area contributed by atoms with E-state index in [0.717, 1.165) is 10.6 Å². The van der Waals surface area contributed by atoms with Crippen molar-refractivity contribution in [1.29, 1.82) is 0 Å². The lowest BCUT2D eigenvalue weighted by atomic mass is 10.1. The van der Waals surface area contributed by atoms with E-state index in [2.05, 4.69) is 16.4 Å². The molecular weight excluding hydrogens is 270 g/mol. The van der Waals surface area contributed by atoms with Crippen LogP contribution in [-0.4, -0.2) is 17.4 Å². The Morgan fingerprint density at radius 3 is 3.00 bits per heavy atom. The second kappa shape index (κ2) is 6.63. The van der Waals surface area contributed by atoms with Gasteiger partial charge in [0.1, 0.15) is 5.69 Å². The molecule has 0 saturated heterocycles. The van der Waals surface area contributed by atoms with E-state index >= 15 is 0 Å². The van der Waals surface area contributed by atoms with Crippen LogP contribution in [0.15, 0.2) is 29.6 Å². The van der Waals surface area contributed by atoms with Crippen molar-refractivity contribution in [2.45, 2.75) is 26.3 Å². The van der Waals surface area contributed by atoms with Crippen molar-refractivity contribution < 1.29 is 4.79 Å². The molecule has 106 valence electrons. The van der Waals surface area contributed by atoms with Gasteiger partial charge < -0.3 is 11.1 Å². The summed E-state index contributed by atoms with van der Waals surface area (Å²) >= 11 is 1.48. The molecule has 0 fully saturated rings. The van der Waals surface area contributed by atoms with E-state index in [1.807, 2.05) is 32.0 Å². The summed E-state index contributed by atoms with van der Waals surface area (Å²) in [5.74, 6) is -0.140. The number of benzene rings is 1. The standard InChI is InChI=1S/C15H19N3OS/c1-10-4-3-5-12(8-10)11(2)17-15(19)13-9-20-14(18-13)6-7-16/h3-5,8-9,11H,6-7,16H2,1-2H3,(H,17,19)/t11-/m0/s1. The number of aryl methyl sites for hydroxylation is 1. The maximum absolute atomic E-state index is 12.1. The lowest BCUT2D eigenvalue weighted by Crippen LogP contribution is -2.27. The van der Waals surface area contributed by atoms with E-state index < -0.39 is 0 Å². The largest absolute Gasteiger partial charge is 0.344 e. The molecule has 1 aromatic carbocycles. The number of rotatable bonds is 5. The second-order valence-electron chi connectivity index (χ2n) is 4.77. The summed E-state index contributed by atoms with van der Waals surface area (Å²) in [6.45, 7) is 4.56. The SMILES string of the molecule is Cc1cccc([C@H](C)NC(=O)c2csc(CCN)n2)c1. The first kappa shape index (κ1) is 14.7. The number of hydrogen-bond donors (Lipinski definition) is 2. The fraction of sp³-hybridized carbons (Fsp3) is 0.333. The van der Waals surface area contributed by atoms with Crippen LogP contribution in [0.4, 0.5) is 0 Å². The fourth-order valence-electron chi connectivity index (χ4n) is 1.95. The smallest absolute Gasteiger partial charge is 0.271 e. The molecule has 20 heavy (non-hydrogen) atoms. The van der Waals surface area contributed by atoms with Crippen LogP contribution < -0.4 is 11.1 Å². The zero-order valence-corrected chi connectivity index (χ0v) is 12.5. The van der Waals surface area contributed by atoms with Crippen LogP contribution in [0, 0.1) is 6.92 Å². The highest BCUT2D eigenvalue weighted by Gasteiger charge is 2.14. The first-order valence-electron chi connectivity index (χ1n) is 6.62. The van der Waals surface area contributed by atoms with E-state index in [1.165, 1.54) is 16.9 Å². The van der Waals surface area contributed by atoms with Crippen LogP contribution in [0.3, 0.4) is 0 Å². The Morgan fingerprint density at radius 2 is 2.30 bits per heavy atom. The highest BCUT2D eigenvalue weighted by atomic mass is 32.1. The summed E-state index contributed by atoms with van der Waals surface area (Å²) < 4.78 is 0. The minimum atomic E-state index is -0.140. The third-order valence-electron chi connectivity index (χ3n) is 3.03. The summed E-state index contributed by atoms with van der Waals surface area (Å²) in [5.41, 5.74) is 8.23. The average Bonchev–Trinajstić information content (AvgIpc) is 2.88. The third-order valence-corrected chi connectivity index (χ3v) is 3.94. The van der Waals surface area contributed by atoms with E-state index in [-0.39, 0.29) is 11.9 Å². The molecule has 0 aliphatic rings. The molecule has 1 atom stereocenters.